The molecule has 1 heterocycles. The van der Waals surface area contributed by atoms with E-state index in [4.69, 9.17) is 14.4 Å². The molecule has 5 heteroatoms. The monoisotopic (exact) mass is 465 g/mol. The highest BCUT2D eigenvalue weighted by Gasteiger charge is 2.22. The normalized spacial score (nSPS) is 14.1. The lowest BCUT2D eigenvalue weighted by atomic mass is 9.86. The lowest BCUT2D eigenvalue weighted by Gasteiger charge is -2.21. The summed E-state index contributed by atoms with van der Waals surface area (Å²) >= 11 is 0. The summed E-state index contributed by atoms with van der Waals surface area (Å²) in [7, 11) is 0. The maximum absolute atomic E-state index is 10.9. The van der Waals surface area contributed by atoms with Crippen molar-refractivity contribution >= 4 is 11.5 Å². The molecule has 1 aliphatic carbocycles. The second-order valence-corrected chi connectivity index (χ2v) is 8.73. The molecular weight excluding hydrogens is 438 g/mol. The van der Waals surface area contributed by atoms with Crippen LogP contribution >= 0.6 is 0 Å². The van der Waals surface area contributed by atoms with Crippen LogP contribution in [0.25, 0.3) is 5.57 Å². The summed E-state index contributed by atoms with van der Waals surface area (Å²) in [5.74, 6) is 0.493. The molecule has 0 amide bonds. The van der Waals surface area contributed by atoms with Gasteiger partial charge in [0.1, 0.15) is 11.5 Å². The lowest BCUT2D eigenvalue weighted by molar-refractivity contribution is -0.139. The highest BCUT2D eigenvalue weighted by molar-refractivity contribution is 5.73. The molecule has 1 aliphatic rings. The van der Waals surface area contributed by atoms with Gasteiger partial charge in [-0.05, 0) is 47.6 Å². The van der Waals surface area contributed by atoms with Gasteiger partial charge in [0.05, 0.1) is 11.6 Å². The number of hydrogen-bond acceptors (Lipinski definition) is 4. The number of fused-ring (bicyclic) bond motifs is 1. The van der Waals surface area contributed by atoms with Gasteiger partial charge < -0.3 is 14.4 Å². The summed E-state index contributed by atoms with van der Waals surface area (Å²) in [6.45, 7) is -0.332. The van der Waals surface area contributed by atoms with Crippen LogP contribution in [-0.4, -0.2) is 22.8 Å². The Hall–Kier alpha value is -4.12. The molecule has 1 N–H and O–H groups in total. The first-order valence-electron chi connectivity index (χ1n) is 11.9. The number of rotatable bonds is 8. The number of ether oxygens (including phenoxy) is 1. The van der Waals surface area contributed by atoms with Crippen LogP contribution < -0.4 is 4.74 Å². The van der Waals surface area contributed by atoms with Crippen LogP contribution in [0.1, 0.15) is 52.5 Å². The van der Waals surface area contributed by atoms with E-state index in [0.717, 1.165) is 53.0 Å². The largest absolute Gasteiger partial charge is 0.482 e. The average Bonchev–Trinajstić information content (AvgIpc) is 3.36. The Bertz CT molecular complexity index is 1290. The number of benzene rings is 3. The topological polar surface area (TPSA) is 72.6 Å². The van der Waals surface area contributed by atoms with Gasteiger partial charge in [-0.15, -0.1) is 0 Å². The molecule has 176 valence electrons. The van der Waals surface area contributed by atoms with Gasteiger partial charge in [-0.2, -0.15) is 0 Å². The fraction of sp³-hybridized carbons (Fsp3) is 0.200. The van der Waals surface area contributed by atoms with Crippen molar-refractivity contribution < 1.29 is 19.2 Å². The molecule has 0 saturated carbocycles. The van der Waals surface area contributed by atoms with Gasteiger partial charge in [-0.3, -0.25) is 0 Å². The SMILES string of the molecule is O=C(O)COc1cccc2c1CCC/C2=C/Cc1cc(C(c2ccccc2)c2ccccc2)on1. The van der Waals surface area contributed by atoms with E-state index in [1.807, 2.05) is 48.5 Å². The van der Waals surface area contributed by atoms with E-state index >= 15 is 0 Å². The van der Waals surface area contributed by atoms with Crippen molar-refractivity contribution in [3.63, 3.8) is 0 Å². The van der Waals surface area contributed by atoms with Gasteiger partial charge in [-0.1, -0.05) is 84.0 Å². The van der Waals surface area contributed by atoms with Gasteiger partial charge >= 0.3 is 5.97 Å². The number of allylic oxidation sites excluding steroid dienone is 2. The zero-order valence-corrected chi connectivity index (χ0v) is 19.4. The summed E-state index contributed by atoms with van der Waals surface area (Å²) in [5, 5.41) is 13.4. The summed E-state index contributed by atoms with van der Waals surface area (Å²) in [4.78, 5) is 10.9. The molecule has 35 heavy (non-hydrogen) atoms. The molecule has 0 fully saturated rings. The van der Waals surface area contributed by atoms with Gasteiger partial charge in [-0.25, -0.2) is 4.79 Å². The zero-order chi connectivity index (χ0) is 24.0. The minimum absolute atomic E-state index is 0.0179. The second kappa shape index (κ2) is 10.4. The van der Waals surface area contributed by atoms with Crippen molar-refractivity contribution in [1.29, 1.82) is 0 Å². The first-order valence-corrected chi connectivity index (χ1v) is 11.9. The van der Waals surface area contributed by atoms with Crippen LogP contribution in [0.3, 0.4) is 0 Å². The molecule has 5 rings (SSSR count). The number of nitrogens with zero attached hydrogens (tertiary/aromatic N) is 1. The molecule has 3 aromatic carbocycles. The predicted octanol–water partition coefficient (Wildman–Crippen LogP) is 6.28. The van der Waals surface area contributed by atoms with E-state index in [1.165, 1.54) is 5.57 Å². The van der Waals surface area contributed by atoms with Gasteiger partial charge in [0.15, 0.2) is 6.61 Å². The van der Waals surface area contributed by atoms with Crippen LogP contribution in [0.4, 0.5) is 0 Å². The highest BCUT2D eigenvalue weighted by atomic mass is 16.5. The summed E-state index contributed by atoms with van der Waals surface area (Å²) in [5.41, 5.74) is 6.66. The Morgan fingerprint density at radius 2 is 1.69 bits per heavy atom. The highest BCUT2D eigenvalue weighted by Crippen LogP contribution is 2.37. The number of aliphatic carboxylic acids is 1. The predicted molar refractivity (Wildman–Crippen MR) is 135 cm³/mol. The van der Waals surface area contributed by atoms with E-state index in [-0.39, 0.29) is 12.5 Å². The Morgan fingerprint density at radius 1 is 0.971 bits per heavy atom. The van der Waals surface area contributed by atoms with Gasteiger partial charge in [0, 0.05) is 18.1 Å². The molecule has 1 aromatic heterocycles. The first kappa shape index (κ1) is 22.7. The number of hydrogen-bond donors (Lipinski definition) is 1. The number of aromatic nitrogens is 1. The molecule has 0 aliphatic heterocycles. The molecule has 4 aromatic rings. The van der Waals surface area contributed by atoms with Crippen molar-refractivity contribution in [2.45, 2.75) is 31.6 Å². The van der Waals surface area contributed by atoms with E-state index < -0.39 is 5.97 Å². The van der Waals surface area contributed by atoms with Crippen molar-refractivity contribution in [2.24, 2.45) is 0 Å². The summed E-state index contributed by atoms with van der Waals surface area (Å²) in [6.07, 6.45) is 5.72. The van der Waals surface area contributed by atoms with E-state index in [0.29, 0.717) is 12.2 Å². The van der Waals surface area contributed by atoms with Gasteiger partial charge in [0.2, 0.25) is 0 Å². The fourth-order valence-corrected chi connectivity index (χ4v) is 4.80. The minimum atomic E-state index is -0.972. The zero-order valence-electron chi connectivity index (χ0n) is 19.4. The van der Waals surface area contributed by atoms with Gasteiger partial charge in [0.25, 0.3) is 0 Å². The number of carboxylic acids is 1. The summed E-state index contributed by atoms with van der Waals surface area (Å²) in [6, 6.07) is 28.6. The standard InChI is InChI=1S/C30H27NO4/c32-29(33)20-34-27-16-8-14-25-21(13-7-15-26(25)27)17-18-24-19-28(35-31-24)30(22-9-3-1-4-10-22)23-11-5-2-6-12-23/h1-6,8-12,14,16-17,19,30H,7,13,15,18,20H2,(H,32,33)/b21-17-. The molecule has 0 spiro atoms. The Balaban J connectivity index is 1.39. The minimum Gasteiger partial charge on any atom is -0.482 e. The summed E-state index contributed by atoms with van der Waals surface area (Å²) < 4.78 is 11.4. The van der Waals surface area contributed by atoms with Crippen molar-refractivity contribution in [2.75, 3.05) is 6.61 Å². The Labute approximate surface area is 204 Å². The van der Waals surface area contributed by atoms with Crippen LogP contribution in [0, 0.1) is 0 Å². The lowest BCUT2D eigenvalue weighted by Crippen LogP contribution is -2.12. The Morgan fingerprint density at radius 3 is 2.37 bits per heavy atom. The van der Waals surface area contributed by atoms with Crippen LogP contribution in [-0.2, 0) is 17.6 Å². The maximum Gasteiger partial charge on any atom is 0.341 e. The number of carboxylic acid groups (broad SMARTS) is 1. The third-order valence-corrected chi connectivity index (χ3v) is 6.39. The molecule has 0 bridgehead atoms. The third kappa shape index (κ3) is 5.19. The average molecular weight is 466 g/mol. The number of carbonyl (C=O) groups is 1. The Kier molecular flexibility index (Phi) is 6.75. The van der Waals surface area contributed by atoms with Crippen molar-refractivity contribution in [1.82, 2.24) is 5.16 Å². The molecule has 0 atom stereocenters. The smallest absolute Gasteiger partial charge is 0.341 e. The third-order valence-electron chi connectivity index (χ3n) is 6.39. The molecule has 0 radical (unpaired) electrons. The molecule has 0 unspecified atom stereocenters. The second-order valence-electron chi connectivity index (χ2n) is 8.73. The molecular formula is C30H27NO4. The first-order chi connectivity index (χ1) is 17.2. The van der Waals surface area contributed by atoms with E-state index in [2.05, 4.69) is 47.6 Å². The molecule has 0 saturated heterocycles. The maximum atomic E-state index is 10.9. The van der Waals surface area contributed by atoms with Crippen molar-refractivity contribution in [3.8, 4) is 5.75 Å². The fourth-order valence-electron chi connectivity index (χ4n) is 4.80. The van der Waals surface area contributed by atoms with E-state index in [1.54, 1.807) is 0 Å². The van der Waals surface area contributed by atoms with Crippen LogP contribution in [0.5, 0.6) is 5.75 Å². The molecule has 5 nitrogen and oxygen atoms in total. The van der Waals surface area contributed by atoms with Crippen molar-refractivity contribution in [3.05, 3.63) is 125 Å². The van der Waals surface area contributed by atoms with Crippen LogP contribution in [0.2, 0.25) is 0 Å². The van der Waals surface area contributed by atoms with Crippen LogP contribution in [0.15, 0.2) is 95.5 Å². The van der Waals surface area contributed by atoms with E-state index in [9.17, 15) is 4.79 Å². The quantitative estimate of drug-likeness (QED) is 0.331.